The van der Waals surface area contributed by atoms with Crippen molar-refractivity contribution in [2.45, 2.75) is 20.8 Å². The quantitative estimate of drug-likeness (QED) is 0.598. The fraction of sp³-hybridized carbons (Fsp3) is 0.154. The zero-order chi connectivity index (χ0) is 22.1. The maximum Gasteiger partial charge on any atom is 0.282 e. The van der Waals surface area contributed by atoms with Crippen molar-refractivity contribution in [2.24, 2.45) is 0 Å². The normalized spacial score (nSPS) is 13.7. The molecule has 0 saturated heterocycles. The van der Waals surface area contributed by atoms with Crippen molar-refractivity contribution in [2.75, 3.05) is 17.3 Å². The molecule has 5 nitrogen and oxygen atoms in total. The van der Waals surface area contributed by atoms with Crippen LogP contribution in [0.2, 0.25) is 0 Å². The molecular formula is C26H24N2O3. The van der Waals surface area contributed by atoms with Crippen LogP contribution < -0.4 is 15.0 Å². The molecule has 0 atom stereocenters. The van der Waals surface area contributed by atoms with Gasteiger partial charge >= 0.3 is 0 Å². The van der Waals surface area contributed by atoms with Crippen LogP contribution in [0.5, 0.6) is 5.75 Å². The molecule has 0 bridgehead atoms. The first kappa shape index (κ1) is 20.4. The maximum absolute atomic E-state index is 13.6. The van der Waals surface area contributed by atoms with E-state index < -0.39 is 0 Å². The molecule has 0 radical (unpaired) electrons. The Morgan fingerprint density at radius 2 is 1.55 bits per heavy atom. The second kappa shape index (κ2) is 8.11. The minimum Gasteiger partial charge on any atom is -0.497 e. The Morgan fingerprint density at radius 3 is 2.26 bits per heavy atom. The van der Waals surface area contributed by atoms with E-state index >= 15 is 0 Å². The molecule has 1 aliphatic heterocycles. The standard InChI is InChI=1S/C26H24N2O3/c1-16-11-13-19(14-12-16)23-24(27-20-8-6-9-21(15-20)31-4)26(30)28(25(23)29)22-10-5-7-17(2)18(22)3/h5-15,27H,1-4H3. The van der Waals surface area contributed by atoms with Crippen molar-refractivity contribution >= 4 is 28.8 Å². The van der Waals surface area contributed by atoms with Crippen LogP contribution in [0.3, 0.4) is 0 Å². The number of anilines is 2. The van der Waals surface area contributed by atoms with Crippen LogP contribution >= 0.6 is 0 Å². The Balaban J connectivity index is 1.84. The lowest BCUT2D eigenvalue weighted by Crippen LogP contribution is -2.33. The third-order valence-electron chi connectivity index (χ3n) is 5.58. The van der Waals surface area contributed by atoms with Gasteiger partial charge in [-0.3, -0.25) is 9.59 Å². The van der Waals surface area contributed by atoms with E-state index in [0.29, 0.717) is 28.3 Å². The summed E-state index contributed by atoms with van der Waals surface area (Å²) in [6.07, 6.45) is 0. The molecule has 2 amide bonds. The van der Waals surface area contributed by atoms with Crippen molar-refractivity contribution in [1.82, 2.24) is 0 Å². The number of hydrogen-bond acceptors (Lipinski definition) is 4. The van der Waals surface area contributed by atoms with Gasteiger partial charge in [-0.1, -0.05) is 48.0 Å². The second-order valence-corrected chi connectivity index (χ2v) is 7.64. The third kappa shape index (κ3) is 3.70. The van der Waals surface area contributed by atoms with Gasteiger partial charge in [-0.2, -0.15) is 0 Å². The zero-order valence-electron chi connectivity index (χ0n) is 18.0. The number of nitrogens with zero attached hydrogens (tertiary/aromatic N) is 1. The molecule has 1 N–H and O–H groups in total. The smallest absolute Gasteiger partial charge is 0.282 e. The molecular weight excluding hydrogens is 388 g/mol. The molecule has 1 heterocycles. The highest BCUT2D eigenvalue weighted by Crippen LogP contribution is 2.36. The van der Waals surface area contributed by atoms with E-state index in [0.717, 1.165) is 16.7 Å². The summed E-state index contributed by atoms with van der Waals surface area (Å²) < 4.78 is 5.29. The average molecular weight is 412 g/mol. The van der Waals surface area contributed by atoms with Gasteiger partial charge in [-0.25, -0.2) is 4.90 Å². The molecule has 0 spiro atoms. The first-order valence-corrected chi connectivity index (χ1v) is 10.1. The number of nitrogens with one attached hydrogen (secondary N) is 1. The summed E-state index contributed by atoms with van der Waals surface area (Å²) in [6.45, 7) is 5.87. The van der Waals surface area contributed by atoms with Gasteiger partial charge in [-0.05, 0) is 55.7 Å². The number of benzene rings is 3. The van der Waals surface area contributed by atoms with Gasteiger partial charge in [-0.15, -0.1) is 0 Å². The summed E-state index contributed by atoms with van der Waals surface area (Å²) in [7, 11) is 1.59. The fourth-order valence-electron chi connectivity index (χ4n) is 3.68. The molecule has 0 saturated carbocycles. The van der Waals surface area contributed by atoms with Crippen molar-refractivity contribution < 1.29 is 14.3 Å². The Kier molecular flexibility index (Phi) is 5.34. The summed E-state index contributed by atoms with van der Waals surface area (Å²) in [5, 5.41) is 3.18. The molecule has 0 fully saturated rings. The van der Waals surface area contributed by atoms with E-state index in [4.69, 9.17) is 4.74 Å². The summed E-state index contributed by atoms with van der Waals surface area (Å²) in [5.41, 5.74) is 5.57. The highest BCUT2D eigenvalue weighted by Gasteiger charge is 2.40. The third-order valence-corrected chi connectivity index (χ3v) is 5.58. The largest absolute Gasteiger partial charge is 0.497 e. The fourth-order valence-corrected chi connectivity index (χ4v) is 3.68. The van der Waals surface area contributed by atoms with E-state index in [1.54, 1.807) is 19.2 Å². The Labute approximate surface area is 182 Å². The van der Waals surface area contributed by atoms with Crippen LogP contribution in [0.25, 0.3) is 5.57 Å². The predicted molar refractivity (Wildman–Crippen MR) is 123 cm³/mol. The Hall–Kier alpha value is -3.86. The number of carbonyl (C=O) groups excluding carboxylic acids is 2. The summed E-state index contributed by atoms with van der Waals surface area (Å²) >= 11 is 0. The van der Waals surface area contributed by atoms with Crippen LogP contribution in [0.4, 0.5) is 11.4 Å². The number of imide groups is 1. The summed E-state index contributed by atoms with van der Waals surface area (Å²) in [5.74, 6) is -0.0595. The molecule has 31 heavy (non-hydrogen) atoms. The second-order valence-electron chi connectivity index (χ2n) is 7.64. The lowest BCUT2D eigenvalue weighted by Gasteiger charge is -2.19. The van der Waals surface area contributed by atoms with E-state index in [-0.39, 0.29) is 17.5 Å². The van der Waals surface area contributed by atoms with Crippen LogP contribution in [0, 0.1) is 20.8 Å². The van der Waals surface area contributed by atoms with Crippen molar-refractivity contribution in [3.05, 3.63) is 94.7 Å². The Bertz CT molecular complexity index is 1210. The van der Waals surface area contributed by atoms with Crippen molar-refractivity contribution in [1.29, 1.82) is 0 Å². The van der Waals surface area contributed by atoms with Gasteiger partial charge in [0.1, 0.15) is 11.4 Å². The summed E-state index contributed by atoms with van der Waals surface area (Å²) in [6, 6.07) is 20.5. The monoisotopic (exact) mass is 412 g/mol. The minimum absolute atomic E-state index is 0.253. The topological polar surface area (TPSA) is 58.6 Å². The van der Waals surface area contributed by atoms with Gasteiger partial charge in [0.05, 0.1) is 18.4 Å². The lowest BCUT2D eigenvalue weighted by atomic mass is 10.0. The first-order valence-electron chi connectivity index (χ1n) is 10.1. The van der Waals surface area contributed by atoms with E-state index in [9.17, 15) is 9.59 Å². The van der Waals surface area contributed by atoms with Crippen molar-refractivity contribution in [3.63, 3.8) is 0 Å². The highest BCUT2D eigenvalue weighted by molar-refractivity contribution is 6.46. The molecule has 5 heteroatoms. The maximum atomic E-state index is 13.6. The minimum atomic E-state index is -0.378. The molecule has 3 aromatic rings. The number of hydrogen-bond donors (Lipinski definition) is 1. The van der Waals surface area contributed by atoms with Gasteiger partial charge < -0.3 is 10.1 Å². The van der Waals surface area contributed by atoms with Gasteiger partial charge in [0.25, 0.3) is 11.8 Å². The number of ether oxygens (including phenoxy) is 1. The van der Waals surface area contributed by atoms with E-state index in [1.165, 1.54) is 4.90 Å². The van der Waals surface area contributed by atoms with Crippen molar-refractivity contribution in [3.8, 4) is 5.75 Å². The molecule has 0 aromatic heterocycles. The molecule has 156 valence electrons. The van der Waals surface area contributed by atoms with E-state index in [1.807, 2.05) is 75.4 Å². The number of amides is 2. The highest BCUT2D eigenvalue weighted by atomic mass is 16.5. The Morgan fingerprint density at radius 1 is 0.839 bits per heavy atom. The summed E-state index contributed by atoms with van der Waals surface area (Å²) in [4.78, 5) is 28.4. The van der Waals surface area contributed by atoms with Crippen LogP contribution in [-0.4, -0.2) is 18.9 Å². The molecule has 1 aliphatic rings. The number of rotatable bonds is 5. The van der Waals surface area contributed by atoms with Crippen LogP contribution in [0.1, 0.15) is 22.3 Å². The van der Waals surface area contributed by atoms with Gasteiger partial charge in [0, 0.05) is 11.8 Å². The van der Waals surface area contributed by atoms with Gasteiger partial charge in [0.2, 0.25) is 0 Å². The molecule has 4 rings (SSSR count). The zero-order valence-corrected chi connectivity index (χ0v) is 18.0. The predicted octanol–water partition coefficient (Wildman–Crippen LogP) is 5.02. The molecule has 0 unspecified atom stereocenters. The van der Waals surface area contributed by atoms with Gasteiger partial charge in [0.15, 0.2) is 0 Å². The number of aryl methyl sites for hydroxylation is 2. The number of carbonyl (C=O) groups is 2. The average Bonchev–Trinajstić information content (AvgIpc) is 3.00. The van der Waals surface area contributed by atoms with Crippen LogP contribution in [-0.2, 0) is 9.59 Å². The van der Waals surface area contributed by atoms with Crippen LogP contribution in [0.15, 0.2) is 72.4 Å². The SMILES string of the molecule is COc1cccc(NC2=C(c3ccc(C)cc3)C(=O)N(c3cccc(C)c3C)C2=O)c1. The molecule has 0 aliphatic carbocycles. The van der Waals surface area contributed by atoms with E-state index in [2.05, 4.69) is 5.32 Å². The first-order chi connectivity index (χ1) is 14.9. The number of methoxy groups -OCH3 is 1. The lowest BCUT2D eigenvalue weighted by molar-refractivity contribution is -0.120. The molecule has 3 aromatic carbocycles.